The van der Waals surface area contributed by atoms with E-state index in [0.29, 0.717) is 5.41 Å². The summed E-state index contributed by atoms with van der Waals surface area (Å²) in [4.78, 5) is 25.4. The lowest BCUT2D eigenvalue weighted by Gasteiger charge is -2.58. The van der Waals surface area contributed by atoms with Crippen LogP contribution in [0.5, 0.6) is 0 Å². The lowest BCUT2D eigenvalue weighted by atomic mass is 9.47. The SMILES string of the molecule is CC(C)CCCC(C)C1CCC2C3CC=C4CC(OC(=O)CCC(=O)NC5CCCCCCC5)CC[C@]4(C)C3CCC12C. The van der Waals surface area contributed by atoms with E-state index in [0.717, 1.165) is 67.6 Å². The Morgan fingerprint density at radius 1 is 0.884 bits per heavy atom. The molecule has 0 aromatic rings. The van der Waals surface area contributed by atoms with Crippen LogP contribution in [-0.2, 0) is 14.3 Å². The maximum absolute atomic E-state index is 12.8. The van der Waals surface area contributed by atoms with Crippen LogP contribution in [0.2, 0.25) is 0 Å². The van der Waals surface area contributed by atoms with E-state index in [2.05, 4.69) is 46.0 Å². The monoisotopic (exact) mass is 595 g/mol. The van der Waals surface area contributed by atoms with Crippen LogP contribution in [0.15, 0.2) is 11.6 Å². The molecule has 5 aliphatic rings. The molecule has 0 spiro atoms. The van der Waals surface area contributed by atoms with Gasteiger partial charge in [-0.05, 0) is 104 Å². The Hall–Kier alpha value is -1.32. The third-order valence-electron chi connectivity index (χ3n) is 13.6. The number of esters is 1. The van der Waals surface area contributed by atoms with Crippen LogP contribution in [0, 0.1) is 46.3 Å². The summed E-state index contributed by atoms with van der Waals surface area (Å²) in [5.41, 5.74) is 2.36. The molecule has 8 atom stereocenters. The summed E-state index contributed by atoms with van der Waals surface area (Å²) in [7, 11) is 0. The van der Waals surface area contributed by atoms with Crippen LogP contribution in [0.3, 0.4) is 0 Å². The first-order valence-corrected chi connectivity index (χ1v) is 18.8. The van der Waals surface area contributed by atoms with Gasteiger partial charge in [0, 0.05) is 18.9 Å². The summed E-state index contributed by atoms with van der Waals surface area (Å²) in [5.74, 6) is 4.90. The molecule has 0 aromatic carbocycles. The molecule has 244 valence electrons. The van der Waals surface area contributed by atoms with E-state index in [1.807, 2.05) is 0 Å². The number of ether oxygens (including phenoxy) is 1. The van der Waals surface area contributed by atoms with Crippen molar-refractivity contribution in [3.05, 3.63) is 11.6 Å². The molecule has 5 aliphatic carbocycles. The number of carbonyl (C=O) groups is 2. The van der Waals surface area contributed by atoms with Crippen molar-refractivity contribution < 1.29 is 14.3 Å². The van der Waals surface area contributed by atoms with Gasteiger partial charge in [0.15, 0.2) is 0 Å². The molecule has 1 amide bonds. The minimum absolute atomic E-state index is 0.0168. The number of allylic oxidation sites excluding steroid dienone is 1. The van der Waals surface area contributed by atoms with Gasteiger partial charge in [0.05, 0.1) is 6.42 Å². The molecule has 4 saturated carbocycles. The van der Waals surface area contributed by atoms with Crippen LogP contribution in [0.4, 0.5) is 0 Å². The smallest absolute Gasteiger partial charge is 0.306 e. The number of fused-ring (bicyclic) bond motifs is 5. The van der Waals surface area contributed by atoms with Crippen molar-refractivity contribution >= 4 is 11.9 Å². The second-order valence-corrected chi connectivity index (χ2v) is 16.8. The van der Waals surface area contributed by atoms with Gasteiger partial charge in [-0.25, -0.2) is 0 Å². The molecule has 0 radical (unpaired) electrons. The highest BCUT2D eigenvalue weighted by Crippen LogP contribution is 2.67. The molecule has 1 N–H and O–H groups in total. The molecule has 7 unspecified atom stereocenters. The van der Waals surface area contributed by atoms with E-state index in [1.54, 1.807) is 5.57 Å². The minimum Gasteiger partial charge on any atom is -0.462 e. The van der Waals surface area contributed by atoms with Gasteiger partial charge >= 0.3 is 5.97 Å². The van der Waals surface area contributed by atoms with Crippen molar-refractivity contribution in [2.24, 2.45) is 46.3 Å². The molecule has 0 bridgehead atoms. The first kappa shape index (κ1) is 33.1. The molecule has 0 aliphatic heterocycles. The summed E-state index contributed by atoms with van der Waals surface area (Å²) in [6.07, 6.45) is 25.5. The summed E-state index contributed by atoms with van der Waals surface area (Å²) in [6, 6.07) is 0.285. The molecule has 5 rings (SSSR count). The second kappa shape index (κ2) is 14.4. The van der Waals surface area contributed by atoms with Crippen molar-refractivity contribution in [1.82, 2.24) is 5.32 Å². The molecule has 0 saturated heterocycles. The van der Waals surface area contributed by atoms with Gasteiger partial charge < -0.3 is 10.1 Å². The van der Waals surface area contributed by atoms with E-state index < -0.39 is 0 Å². The molecule has 4 heteroatoms. The summed E-state index contributed by atoms with van der Waals surface area (Å²) < 4.78 is 6.01. The zero-order valence-electron chi connectivity index (χ0n) is 28.6. The van der Waals surface area contributed by atoms with E-state index >= 15 is 0 Å². The van der Waals surface area contributed by atoms with Crippen LogP contribution in [0.1, 0.15) is 163 Å². The highest BCUT2D eigenvalue weighted by molar-refractivity contribution is 5.81. The second-order valence-electron chi connectivity index (χ2n) is 16.8. The molecule has 43 heavy (non-hydrogen) atoms. The van der Waals surface area contributed by atoms with E-state index in [9.17, 15) is 9.59 Å². The van der Waals surface area contributed by atoms with E-state index in [1.165, 1.54) is 83.5 Å². The average molecular weight is 596 g/mol. The van der Waals surface area contributed by atoms with Crippen molar-refractivity contribution in [1.29, 1.82) is 0 Å². The zero-order valence-corrected chi connectivity index (χ0v) is 28.6. The van der Waals surface area contributed by atoms with Crippen molar-refractivity contribution in [2.75, 3.05) is 0 Å². The van der Waals surface area contributed by atoms with Gasteiger partial charge in [0.25, 0.3) is 0 Å². The third kappa shape index (κ3) is 7.57. The van der Waals surface area contributed by atoms with Gasteiger partial charge in [-0.15, -0.1) is 0 Å². The zero-order chi connectivity index (χ0) is 30.6. The summed E-state index contributed by atoms with van der Waals surface area (Å²) >= 11 is 0. The van der Waals surface area contributed by atoms with Crippen LogP contribution >= 0.6 is 0 Å². The number of hydrogen-bond donors (Lipinski definition) is 1. The fraction of sp³-hybridized carbons (Fsp3) is 0.897. The third-order valence-corrected chi connectivity index (χ3v) is 13.6. The molecular weight excluding hydrogens is 530 g/mol. The van der Waals surface area contributed by atoms with Gasteiger partial charge in [-0.2, -0.15) is 0 Å². The Morgan fingerprint density at radius 2 is 1.63 bits per heavy atom. The number of amides is 1. The molecule has 4 fully saturated rings. The summed E-state index contributed by atoms with van der Waals surface area (Å²) in [6.45, 7) is 12.5. The number of hydrogen-bond acceptors (Lipinski definition) is 3. The van der Waals surface area contributed by atoms with Crippen molar-refractivity contribution in [3.63, 3.8) is 0 Å². The van der Waals surface area contributed by atoms with E-state index in [-0.39, 0.29) is 42.3 Å². The van der Waals surface area contributed by atoms with Gasteiger partial charge in [0.1, 0.15) is 6.10 Å². The lowest BCUT2D eigenvalue weighted by molar-refractivity contribution is -0.152. The van der Waals surface area contributed by atoms with Crippen LogP contribution in [0.25, 0.3) is 0 Å². The highest BCUT2D eigenvalue weighted by Gasteiger charge is 2.59. The van der Waals surface area contributed by atoms with Crippen molar-refractivity contribution in [3.8, 4) is 0 Å². The normalized spacial score (nSPS) is 37.3. The number of rotatable bonds is 10. The topological polar surface area (TPSA) is 55.4 Å². The van der Waals surface area contributed by atoms with Gasteiger partial charge in [-0.3, -0.25) is 9.59 Å². The Kier molecular flexibility index (Phi) is 11.1. The van der Waals surface area contributed by atoms with Crippen LogP contribution in [-0.4, -0.2) is 24.0 Å². The quantitative estimate of drug-likeness (QED) is 0.202. The first-order valence-electron chi connectivity index (χ1n) is 18.8. The largest absolute Gasteiger partial charge is 0.462 e. The lowest BCUT2D eigenvalue weighted by Crippen LogP contribution is -2.51. The molecule has 0 aromatic heterocycles. The van der Waals surface area contributed by atoms with Crippen LogP contribution < -0.4 is 5.32 Å². The van der Waals surface area contributed by atoms with E-state index in [4.69, 9.17) is 4.74 Å². The summed E-state index contributed by atoms with van der Waals surface area (Å²) in [5, 5.41) is 3.20. The Morgan fingerprint density at radius 3 is 2.37 bits per heavy atom. The van der Waals surface area contributed by atoms with Crippen molar-refractivity contribution in [2.45, 2.75) is 175 Å². The molecular formula is C39H65NO3. The highest BCUT2D eigenvalue weighted by atomic mass is 16.5. The Balaban J connectivity index is 1.11. The first-order chi connectivity index (χ1) is 20.6. The predicted molar refractivity (Wildman–Crippen MR) is 176 cm³/mol. The molecule has 4 nitrogen and oxygen atoms in total. The fourth-order valence-corrected chi connectivity index (χ4v) is 11.1. The number of nitrogens with one attached hydrogen (secondary N) is 1. The minimum atomic E-state index is -0.191. The standard InChI is InChI=1S/C39H65NO3/c1-27(2)12-11-13-28(3)33-18-19-34-32-17-16-29-26-31(22-24-38(29,4)35(32)23-25-39(33,34)5)43-37(42)21-20-36(41)40-30-14-9-7-6-8-10-15-30/h16,27-28,30-35H,6-15,17-26H2,1-5H3,(H,40,41)/t28?,31?,32?,33?,34?,35?,38-,39?/m0/s1. The van der Waals surface area contributed by atoms with Gasteiger partial charge in [-0.1, -0.05) is 97.6 Å². The number of carbonyl (C=O) groups excluding carboxylic acids is 2. The average Bonchev–Trinajstić information content (AvgIpc) is 3.30. The maximum Gasteiger partial charge on any atom is 0.306 e. The Bertz CT molecular complexity index is 979. The fourth-order valence-electron chi connectivity index (χ4n) is 11.1. The molecule has 0 heterocycles. The maximum atomic E-state index is 12.8. The van der Waals surface area contributed by atoms with Gasteiger partial charge in [0.2, 0.25) is 5.91 Å². The predicted octanol–water partition coefficient (Wildman–Crippen LogP) is 9.95. The Labute approximate surface area is 264 Å².